The average Bonchev–Trinajstić information content (AvgIpc) is 2.72. The topological polar surface area (TPSA) is 27.1 Å². The molecule has 0 saturated carbocycles. The predicted molar refractivity (Wildman–Crippen MR) is 55.0 cm³/mol. The maximum Gasteiger partial charge on any atom is 0.0766 e. The lowest BCUT2D eigenvalue weighted by molar-refractivity contribution is 0.119. The van der Waals surface area contributed by atoms with Gasteiger partial charge in [-0.05, 0) is 30.9 Å². The maximum absolute atomic E-state index is 5.57. The highest BCUT2D eigenvalue weighted by atomic mass is 16.5. The summed E-state index contributed by atoms with van der Waals surface area (Å²) in [7, 11) is 1.94. The Kier molecular flexibility index (Phi) is 2.68. The second kappa shape index (κ2) is 3.96. The van der Waals surface area contributed by atoms with E-state index >= 15 is 0 Å². The smallest absolute Gasteiger partial charge is 0.0766 e. The Morgan fingerprint density at radius 1 is 1.64 bits per heavy atom. The van der Waals surface area contributed by atoms with Crippen molar-refractivity contribution in [1.29, 1.82) is 0 Å². The summed E-state index contributed by atoms with van der Waals surface area (Å²) in [6.07, 6.45) is 8.62. The SMILES string of the molecule is CC1=CC(CCc2cnn(C)c2)OC1. The quantitative estimate of drug-likeness (QED) is 0.681. The van der Waals surface area contributed by atoms with Gasteiger partial charge in [-0.1, -0.05) is 6.08 Å². The molecule has 76 valence electrons. The molecule has 3 nitrogen and oxygen atoms in total. The lowest BCUT2D eigenvalue weighted by Gasteiger charge is -2.05. The maximum atomic E-state index is 5.57. The normalized spacial score (nSPS) is 21.3. The van der Waals surface area contributed by atoms with Gasteiger partial charge in [0.1, 0.15) is 0 Å². The molecule has 0 bridgehead atoms. The van der Waals surface area contributed by atoms with E-state index in [4.69, 9.17) is 4.74 Å². The lowest BCUT2D eigenvalue weighted by Crippen LogP contribution is -2.05. The van der Waals surface area contributed by atoms with Crippen molar-refractivity contribution in [1.82, 2.24) is 9.78 Å². The Morgan fingerprint density at radius 2 is 2.50 bits per heavy atom. The molecule has 3 heteroatoms. The Morgan fingerprint density at radius 3 is 3.07 bits per heavy atom. The van der Waals surface area contributed by atoms with Gasteiger partial charge in [-0.3, -0.25) is 4.68 Å². The Labute approximate surface area is 84.4 Å². The van der Waals surface area contributed by atoms with Crippen molar-refractivity contribution in [2.75, 3.05) is 6.61 Å². The van der Waals surface area contributed by atoms with Crippen LogP contribution >= 0.6 is 0 Å². The van der Waals surface area contributed by atoms with Gasteiger partial charge in [-0.25, -0.2) is 0 Å². The average molecular weight is 192 g/mol. The van der Waals surface area contributed by atoms with Crippen molar-refractivity contribution >= 4 is 0 Å². The summed E-state index contributed by atoms with van der Waals surface area (Å²) in [5, 5.41) is 4.14. The third kappa shape index (κ3) is 2.23. The van der Waals surface area contributed by atoms with Crippen molar-refractivity contribution in [2.24, 2.45) is 7.05 Å². The van der Waals surface area contributed by atoms with Crippen molar-refractivity contribution in [3.63, 3.8) is 0 Å². The number of hydrogen-bond donors (Lipinski definition) is 0. The van der Waals surface area contributed by atoms with Gasteiger partial charge in [0, 0.05) is 13.2 Å². The number of aromatic nitrogens is 2. The Balaban J connectivity index is 1.83. The molecule has 0 N–H and O–H groups in total. The second-order valence-electron chi connectivity index (χ2n) is 3.92. The third-order valence-corrected chi connectivity index (χ3v) is 2.47. The molecule has 2 rings (SSSR count). The minimum absolute atomic E-state index is 0.315. The van der Waals surface area contributed by atoms with Crippen LogP contribution in [0.15, 0.2) is 24.0 Å². The molecular weight excluding hydrogens is 176 g/mol. The molecule has 0 fully saturated rings. The van der Waals surface area contributed by atoms with Crippen LogP contribution in [-0.2, 0) is 18.2 Å². The monoisotopic (exact) mass is 192 g/mol. The van der Waals surface area contributed by atoms with E-state index in [9.17, 15) is 0 Å². The minimum atomic E-state index is 0.315. The van der Waals surface area contributed by atoms with Crippen LogP contribution < -0.4 is 0 Å². The van der Waals surface area contributed by atoms with Crippen LogP contribution in [0.1, 0.15) is 18.9 Å². The Hall–Kier alpha value is -1.09. The highest BCUT2D eigenvalue weighted by Crippen LogP contribution is 2.16. The van der Waals surface area contributed by atoms with E-state index in [-0.39, 0.29) is 0 Å². The number of aryl methyl sites for hydroxylation is 2. The van der Waals surface area contributed by atoms with E-state index < -0.39 is 0 Å². The zero-order chi connectivity index (χ0) is 9.97. The molecule has 0 saturated heterocycles. The lowest BCUT2D eigenvalue weighted by atomic mass is 10.1. The highest BCUT2D eigenvalue weighted by Gasteiger charge is 2.13. The number of rotatable bonds is 3. The molecule has 1 atom stereocenters. The summed E-state index contributed by atoms with van der Waals surface area (Å²) >= 11 is 0. The molecule has 0 aromatic carbocycles. The van der Waals surface area contributed by atoms with Crippen molar-refractivity contribution in [2.45, 2.75) is 25.9 Å². The second-order valence-corrected chi connectivity index (χ2v) is 3.92. The zero-order valence-electron chi connectivity index (χ0n) is 8.73. The van der Waals surface area contributed by atoms with E-state index in [0.29, 0.717) is 6.10 Å². The van der Waals surface area contributed by atoms with Crippen molar-refractivity contribution < 1.29 is 4.74 Å². The molecule has 1 aliphatic rings. The fourth-order valence-corrected chi connectivity index (χ4v) is 1.73. The summed E-state index contributed by atoms with van der Waals surface area (Å²) < 4.78 is 7.41. The van der Waals surface area contributed by atoms with Gasteiger partial charge in [0.2, 0.25) is 0 Å². The molecule has 2 heterocycles. The predicted octanol–water partition coefficient (Wildman–Crippen LogP) is 1.70. The molecule has 0 aliphatic carbocycles. The molecule has 1 aromatic heterocycles. The first-order valence-electron chi connectivity index (χ1n) is 5.00. The number of hydrogen-bond acceptors (Lipinski definition) is 2. The van der Waals surface area contributed by atoms with Crippen LogP contribution in [0.25, 0.3) is 0 Å². The fraction of sp³-hybridized carbons (Fsp3) is 0.545. The third-order valence-electron chi connectivity index (χ3n) is 2.47. The highest BCUT2D eigenvalue weighted by molar-refractivity contribution is 5.10. The largest absolute Gasteiger partial charge is 0.370 e. The zero-order valence-corrected chi connectivity index (χ0v) is 8.73. The first kappa shape index (κ1) is 9.46. The minimum Gasteiger partial charge on any atom is -0.370 e. The van der Waals surface area contributed by atoms with Crippen LogP contribution in [0.3, 0.4) is 0 Å². The van der Waals surface area contributed by atoms with Crippen LogP contribution in [0.5, 0.6) is 0 Å². The molecule has 1 aliphatic heterocycles. The number of nitrogens with zero attached hydrogens (tertiary/aromatic N) is 2. The van der Waals surface area contributed by atoms with Gasteiger partial charge in [0.25, 0.3) is 0 Å². The fourth-order valence-electron chi connectivity index (χ4n) is 1.73. The summed E-state index contributed by atoms with van der Waals surface area (Å²) in [6.45, 7) is 2.92. The van der Waals surface area contributed by atoms with Gasteiger partial charge in [-0.15, -0.1) is 0 Å². The first-order chi connectivity index (χ1) is 6.74. The first-order valence-corrected chi connectivity index (χ1v) is 5.00. The van der Waals surface area contributed by atoms with Crippen LogP contribution in [-0.4, -0.2) is 22.5 Å². The van der Waals surface area contributed by atoms with Gasteiger partial charge >= 0.3 is 0 Å². The summed E-state index contributed by atoms with van der Waals surface area (Å²) in [5.74, 6) is 0. The van der Waals surface area contributed by atoms with Gasteiger partial charge in [0.05, 0.1) is 18.9 Å². The van der Waals surface area contributed by atoms with Crippen LogP contribution in [0.4, 0.5) is 0 Å². The van der Waals surface area contributed by atoms with Gasteiger partial charge < -0.3 is 4.74 Å². The molecule has 0 spiro atoms. The van der Waals surface area contributed by atoms with Crippen molar-refractivity contribution in [3.8, 4) is 0 Å². The molecule has 14 heavy (non-hydrogen) atoms. The molecule has 1 unspecified atom stereocenters. The molecule has 1 aromatic rings. The van der Waals surface area contributed by atoms with Crippen molar-refractivity contribution in [3.05, 3.63) is 29.6 Å². The molecule has 0 radical (unpaired) electrons. The van der Waals surface area contributed by atoms with E-state index in [1.807, 2.05) is 17.9 Å². The standard InChI is InChI=1S/C11H16N2O/c1-9-5-11(14-8-9)4-3-10-6-12-13(2)7-10/h5-7,11H,3-4,8H2,1-2H3. The van der Waals surface area contributed by atoms with E-state index in [1.165, 1.54) is 11.1 Å². The van der Waals surface area contributed by atoms with Crippen LogP contribution in [0.2, 0.25) is 0 Å². The molecular formula is C11H16N2O. The van der Waals surface area contributed by atoms with Gasteiger partial charge in [-0.2, -0.15) is 5.10 Å². The van der Waals surface area contributed by atoms with E-state index in [1.54, 1.807) is 0 Å². The summed E-state index contributed by atoms with van der Waals surface area (Å²) in [6, 6.07) is 0. The summed E-state index contributed by atoms with van der Waals surface area (Å²) in [4.78, 5) is 0. The summed E-state index contributed by atoms with van der Waals surface area (Å²) in [5.41, 5.74) is 2.63. The van der Waals surface area contributed by atoms with E-state index in [2.05, 4.69) is 24.3 Å². The van der Waals surface area contributed by atoms with E-state index in [0.717, 1.165) is 19.4 Å². The Bertz CT molecular complexity index is 341. The number of ether oxygens (including phenoxy) is 1. The van der Waals surface area contributed by atoms with Crippen LogP contribution in [0, 0.1) is 0 Å². The molecule has 0 amide bonds. The van der Waals surface area contributed by atoms with Gasteiger partial charge in [0.15, 0.2) is 0 Å².